The molecule has 3 rings (SSSR count). The topological polar surface area (TPSA) is 66.8 Å². The van der Waals surface area contributed by atoms with E-state index >= 15 is 0 Å². The molecule has 1 aromatic heterocycles. The van der Waals surface area contributed by atoms with E-state index in [9.17, 15) is 9.59 Å². The molecule has 1 fully saturated rings. The van der Waals surface area contributed by atoms with Crippen molar-refractivity contribution < 1.29 is 19.4 Å². The Morgan fingerprint density at radius 3 is 3.14 bits per heavy atom. The van der Waals surface area contributed by atoms with Gasteiger partial charge in [0.1, 0.15) is 5.25 Å². The van der Waals surface area contributed by atoms with Crippen LogP contribution >= 0.6 is 23.1 Å². The normalized spacial score (nSPS) is 25.4. The van der Waals surface area contributed by atoms with Crippen molar-refractivity contribution >= 4 is 35.0 Å². The van der Waals surface area contributed by atoms with Crippen molar-refractivity contribution in [1.29, 1.82) is 0 Å². The summed E-state index contributed by atoms with van der Waals surface area (Å²) in [7, 11) is 0. The Morgan fingerprint density at radius 1 is 1.48 bits per heavy atom. The number of ether oxygens (including phenoxy) is 1. The molecule has 0 aliphatic carbocycles. The maximum atomic E-state index is 12.8. The van der Waals surface area contributed by atoms with Gasteiger partial charge in [-0.05, 0) is 29.2 Å². The highest BCUT2D eigenvalue weighted by atomic mass is 32.2. The fraction of sp³-hybridized carbons (Fsp3) is 0.571. The summed E-state index contributed by atoms with van der Waals surface area (Å²) < 4.78 is 5.43. The quantitative estimate of drug-likeness (QED) is 0.917. The molecule has 0 saturated carbocycles. The Kier molecular flexibility index (Phi) is 4.51. The van der Waals surface area contributed by atoms with Crippen LogP contribution in [0.4, 0.5) is 0 Å². The highest BCUT2D eigenvalue weighted by Gasteiger charge is 2.34. The second kappa shape index (κ2) is 6.37. The minimum absolute atomic E-state index is 0.0503. The molecule has 3 heterocycles. The predicted molar refractivity (Wildman–Crippen MR) is 81.8 cm³/mol. The summed E-state index contributed by atoms with van der Waals surface area (Å²) >= 11 is 3.40. The third kappa shape index (κ3) is 3.25. The number of thioether (sulfide) groups is 1. The van der Waals surface area contributed by atoms with E-state index in [1.165, 1.54) is 4.88 Å². The third-order valence-corrected chi connectivity index (χ3v) is 5.98. The summed E-state index contributed by atoms with van der Waals surface area (Å²) in [6, 6.07) is 2.05. The average Bonchev–Trinajstić information content (AvgIpc) is 2.94. The number of aryl methyl sites for hydroxylation is 1. The minimum Gasteiger partial charge on any atom is -0.481 e. The van der Waals surface area contributed by atoms with Crippen molar-refractivity contribution in [2.45, 2.75) is 24.2 Å². The van der Waals surface area contributed by atoms with Crippen LogP contribution in [0, 0.1) is 0 Å². The van der Waals surface area contributed by atoms with Gasteiger partial charge >= 0.3 is 5.97 Å². The molecule has 7 heteroatoms. The third-order valence-electron chi connectivity index (χ3n) is 3.75. The van der Waals surface area contributed by atoms with Crippen molar-refractivity contribution in [3.63, 3.8) is 0 Å². The van der Waals surface area contributed by atoms with Gasteiger partial charge in [0.05, 0.1) is 19.1 Å². The number of hydrogen-bond acceptors (Lipinski definition) is 5. The van der Waals surface area contributed by atoms with E-state index in [2.05, 4.69) is 0 Å². The zero-order chi connectivity index (χ0) is 14.8. The van der Waals surface area contributed by atoms with Gasteiger partial charge in [-0.2, -0.15) is 0 Å². The zero-order valence-electron chi connectivity index (χ0n) is 11.5. The first-order valence-electron chi connectivity index (χ1n) is 6.95. The number of carboxylic acid groups (broad SMARTS) is 1. The van der Waals surface area contributed by atoms with Crippen LogP contribution in [0.15, 0.2) is 11.4 Å². The highest BCUT2D eigenvalue weighted by Crippen LogP contribution is 2.40. The van der Waals surface area contributed by atoms with E-state index in [1.54, 1.807) is 28.0 Å². The van der Waals surface area contributed by atoms with E-state index < -0.39 is 12.1 Å². The van der Waals surface area contributed by atoms with Gasteiger partial charge < -0.3 is 14.7 Å². The molecule has 0 aromatic carbocycles. The fourth-order valence-electron chi connectivity index (χ4n) is 2.75. The summed E-state index contributed by atoms with van der Waals surface area (Å²) in [5, 5.41) is 10.8. The van der Waals surface area contributed by atoms with E-state index in [0.29, 0.717) is 19.7 Å². The lowest BCUT2D eigenvalue weighted by Crippen LogP contribution is -2.47. The summed E-state index contributed by atoms with van der Waals surface area (Å²) in [6.45, 7) is 1.34. The number of carbonyl (C=O) groups excluding carboxylic acids is 1. The summed E-state index contributed by atoms with van der Waals surface area (Å²) in [5.41, 5.74) is 1.14. The molecule has 0 radical (unpaired) electrons. The van der Waals surface area contributed by atoms with Crippen LogP contribution in [-0.4, -0.2) is 53.4 Å². The molecule has 2 aliphatic rings. The number of fused-ring (bicyclic) bond motifs is 1. The maximum Gasteiger partial charge on any atom is 0.306 e. The molecule has 2 atom stereocenters. The van der Waals surface area contributed by atoms with Gasteiger partial charge in [0.15, 0.2) is 0 Å². The monoisotopic (exact) mass is 327 g/mol. The summed E-state index contributed by atoms with van der Waals surface area (Å²) in [4.78, 5) is 26.6. The van der Waals surface area contributed by atoms with Gasteiger partial charge in [-0.3, -0.25) is 9.59 Å². The molecule has 2 aliphatic heterocycles. The SMILES string of the molecule is O=C(O)CC1CN(C(=O)C2SCCc3sccc32)CCO1. The lowest BCUT2D eigenvalue weighted by molar-refractivity contribution is -0.147. The second-order valence-electron chi connectivity index (χ2n) is 5.17. The van der Waals surface area contributed by atoms with Gasteiger partial charge in [0.25, 0.3) is 0 Å². The van der Waals surface area contributed by atoms with Gasteiger partial charge in [-0.25, -0.2) is 0 Å². The highest BCUT2D eigenvalue weighted by molar-refractivity contribution is 8.00. The Labute approximate surface area is 131 Å². The second-order valence-corrected chi connectivity index (χ2v) is 7.39. The van der Waals surface area contributed by atoms with Crippen LogP contribution in [0.25, 0.3) is 0 Å². The predicted octanol–water partition coefficient (Wildman–Crippen LogP) is 1.78. The van der Waals surface area contributed by atoms with Crippen molar-refractivity contribution in [2.24, 2.45) is 0 Å². The number of hydrogen-bond donors (Lipinski definition) is 1. The van der Waals surface area contributed by atoms with Crippen LogP contribution in [-0.2, 0) is 20.7 Å². The molecule has 1 saturated heterocycles. The van der Waals surface area contributed by atoms with Crippen LogP contribution in [0.1, 0.15) is 22.1 Å². The Bertz CT molecular complexity index is 545. The molecule has 1 amide bonds. The smallest absolute Gasteiger partial charge is 0.306 e. The Morgan fingerprint density at radius 2 is 2.33 bits per heavy atom. The molecule has 0 bridgehead atoms. The fourth-order valence-corrected chi connectivity index (χ4v) is 5.13. The van der Waals surface area contributed by atoms with Crippen molar-refractivity contribution in [2.75, 3.05) is 25.4 Å². The first kappa shape index (κ1) is 14.9. The van der Waals surface area contributed by atoms with E-state index in [-0.39, 0.29) is 17.6 Å². The molecule has 2 unspecified atom stereocenters. The molecule has 1 N–H and O–H groups in total. The number of amides is 1. The number of carbonyl (C=O) groups is 2. The Hall–Kier alpha value is -1.05. The molecular formula is C14H17NO4S2. The minimum atomic E-state index is -0.888. The maximum absolute atomic E-state index is 12.8. The summed E-state index contributed by atoms with van der Waals surface area (Å²) in [5.74, 6) is 0.173. The van der Waals surface area contributed by atoms with Gasteiger partial charge in [0, 0.05) is 18.0 Å². The Balaban J connectivity index is 1.70. The standard InChI is InChI=1S/C14H17NO4S2/c16-12(17)7-9-8-15(3-4-19-9)14(18)13-10-1-5-20-11(10)2-6-21-13/h1,5,9,13H,2-4,6-8H2,(H,16,17). The molecule has 1 aromatic rings. The molecular weight excluding hydrogens is 310 g/mol. The van der Waals surface area contributed by atoms with Crippen LogP contribution in [0.5, 0.6) is 0 Å². The number of morpholine rings is 1. The van der Waals surface area contributed by atoms with Gasteiger partial charge in [-0.1, -0.05) is 0 Å². The van der Waals surface area contributed by atoms with Gasteiger partial charge in [0.2, 0.25) is 5.91 Å². The zero-order valence-corrected chi connectivity index (χ0v) is 13.1. The average molecular weight is 327 g/mol. The number of thiophene rings is 1. The van der Waals surface area contributed by atoms with Crippen LogP contribution in [0.3, 0.4) is 0 Å². The largest absolute Gasteiger partial charge is 0.481 e. The van der Waals surface area contributed by atoms with E-state index in [1.807, 2.05) is 11.4 Å². The van der Waals surface area contributed by atoms with Crippen molar-refractivity contribution in [3.05, 3.63) is 21.9 Å². The van der Waals surface area contributed by atoms with E-state index in [4.69, 9.17) is 9.84 Å². The first-order chi connectivity index (χ1) is 10.1. The first-order valence-corrected chi connectivity index (χ1v) is 8.88. The molecule has 21 heavy (non-hydrogen) atoms. The van der Waals surface area contributed by atoms with Crippen LogP contribution in [0.2, 0.25) is 0 Å². The lowest BCUT2D eigenvalue weighted by Gasteiger charge is -2.35. The van der Waals surface area contributed by atoms with Crippen LogP contribution < -0.4 is 0 Å². The molecule has 114 valence electrons. The van der Waals surface area contributed by atoms with E-state index in [0.717, 1.165) is 17.7 Å². The van der Waals surface area contributed by atoms with Crippen molar-refractivity contribution in [3.8, 4) is 0 Å². The number of aliphatic carboxylic acids is 1. The number of carboxylic acids is 1. The summed E-state index contributed by atoms with van der Waals surface area (Å²) in [6.07, 6.45) is 0.591. The lowest BCUT2D eigenvalue weighted by atomic mass is 10.1. The number of rotatable bonds is 3. The molecule has 5 nitrogen and oxygen atoms in total. The molecule has 0 spiro atoms. The van der Waals surface area contributed by atoms with Gasteiger partial charge in [-0.15, -0.1) is 23.1 Å². The number of nitrogens with zero attached hydrogens (tertiary/aromatic N) is 1. The van der Waals surface area contributed by atoms with Crippen molar-refractivity contribution in [1.82, 2.24) is 4.90 Å².